The Morgan fingerprint density at radius 1 is 1.46 bits per heavy atom. The summed E-state index contributed by atoms with van der Waals surface area (Å²) >= 11 is 0. The van der Waals surface area contributed by atoms with E-state index in [1.807, 2.05) is 19.3 Å². The minimum Gasteiger partial charge on any atom is -0.496 e. The van der Waals surface area contributed by atoms with Crippen LogP contribution in [-0.2, 0) is 24.8 Å². The predicted octanol–water partition coefficient (Wildman–Crippen LogP) is 2.94. The summed E-state index contributed by atoms with van der Waals surface area (Å²) in [6, 6.07) is 1.47. The minimum atomic E-state index is -0.283. The molecule has 0 amide bonds. The van der Waals surface area contributed by atoms with Gasteiger partial charge in [-0.3, -0.25) is 9.67 Å². The van der Waals surface area contributed by atoms with Gasteiger partial charge in [0.15, 0.2) is 0 Å². The van der Waals surface area contributed by atoms with Crippen molar-refractivity contribution >= 4 is 17.1 Å². The van der Waals surface area contributed by atoms with Gasteiger partial charge in [0.25, 0.3) is 0 Å². The van der Waals surface area contributed by atoms with Gasteiger partial charge >= 0.3 is 0 Å². The summed E-state index contributed by atoms with van der Waals surface area (Å²) in [5.41, 5.74) is 4.31. The molecule has 0 unspecified atom stereocenters. The van der Waals surface area contributed by atoms with E-state index < -0.39 is 0 Å². The molecule has 7 heteroatoms. The highest BCUT2D eigenvalue weighted by atomic mass is 19.1. The standard InChI is InChI=1S/C19H21FN4O2/c1-24-11-12(10-22-24)9-21-17-7-14-16(25-2)8-15(20)18(19(14)23-17)13-3-5-26-6-4-13/h3,8,10-11H,4-7,9H2,1-2H3,(H,21,23). The zero-order chi connectivity index (χ0) is 18.1. The van der Waals surface area contributed by atoms with Crippen LogP contribution in [0.15, 0.2) is 29.5 Å². The molecule has 26 heavy (non-hydrogen) atoms. The number of hydrogen-bond acceptors (Lipinski definition) is 4. The number of methoxy groups -OCH3 is 1. The fraction of sp³-hybridized carbons (Fsp3) is 0.368. The summed E-state index contributed by atoms with van der Waals surface area (Å²) in [7, 11) is 3.44. The molecule has 2 aromatic rings. The molecule has 136 valence electrons. The molecule has 1 aromatic carbocycles. The van der Waals surface area contributed by atoms with E-state index in [0.29, 0.717) is 43.9 Å². The molecule has 0 fully saturated rings. The minimum absolute atomic E-state index is 0.283. The molecule has 2 aliphatic heterocycles. The molecule has 2 aliphatic rings. The maximum absolute atomic E-state index is 14.8. The molecule has 4 rings (SSSR count). The number of ether oxygens (including phenoxy) is 2. The third-order valence-corrected chi connectivity index (χ3v) is 4.67. The van der Waals surface area contributed by atoms with Crippen molar-refractivity contribution in [3.63, 3.8) is 0 Å². The van der Waals surface area contributed by atoms with E-state index in [4.69, 9.17) is 9.47 Å². The van der Waals surface area contributed by atoms with Crippen LogP contribution in [0.25, 0.3) is 5.57 Å². The molecular weight excluding hydrogens is 335 g/mol. The summed E-state index contributed by atoms with van der Waals surface area (Å²) in [6.07, 6.45) is 6.96. The van der Waals surface area contributed by atoms with Gasteiger partial charge in [-0.15, -0.1) is 0 Å². The molecule has 0 atom stereocenters. The number of fused-ring (bicyclic) bond motifs is 1. The summed E-state index contributed by atoms with van der Waals surface area (Å²) in [4.78, 5) is 4.64. The first kappa shape index (κ1) is 16.8. The van der Waals surface area contributed by atoms with Crippen molar-refractivity contribution in [2.45, 2.75) is 19.4 Å². The fourth-order valence-corrected chi connectivity index (χ4v) is 3.42. The summed E-state index contributed by atoms with van der Waals surface area (Å²) in [5.74, 6) is 1.07. The molecular formula is C19H21FN4O2. The van der Waals surface area contributed by atoms with Crippen molar-refractivity contribution in [2.75, 3.05) is 25.6 Å². The van der Waals surface area contributed by atoms with E-state index in [-0.39, 0.29) is 5.82 Å². The Hall–Kier alpha value is -2.67. The molecule has 0 saturated heterocycles. The summed E-state index contributed by atoms with van der Waals surface area (Å²) in [5, 5.41) is 7.47. The number of halogens is 1. The average Bonchev–Trinajstić information content (AvgIpc) is 3.26. The van der Waals surface area contributed by atoms with E-state index >= 15 is 0 Å². The van der Waals surface area contributed by atoms with Gasteiger partial charge in [0, 0.05) is 42.4 Å². The smallest absolute Gasteiger partial charge is 0.136 e. The van der Waals surface area contributed by atoms with Crippen molar-refractivity contribution in [1.29, 1.82) is 0 Å². The van der Waals surface area contributed by atoms with Crippen LogP contribution in [0.3, 0.4) is 0 Å². The lowest BCUT2D eigenvalue weighted by Gasteiger charge is -2.18. The molecule has 1 N–H and O–H groups in total. The quantitative estimate of drug-likeness (QED) is 0.915. The zero-order valence-corrected chi connectivity index (χ0v) is 14.9. The predicted molar refractivity (Wildman–Crippen MR) is 98.0 cm³/mol. The number of aryl methyl sites for hydroxylation is 1. The van der Waals surface area contributed by atoms with Gasteiger partial charge in [0.2, 0.25) is 0 Å². The monoisotopic (exact) mass is 356 g/mol. The first-order chi connectivity index (χ1) is 12.7. The van der Waals surface area contributed by atoms with Gasteiger partial charge in [-0.1, -0.05) is 6.08 Å². The molecule has 1 aromatic heterocycles. The molecule has 0 radical (unpaired) electrons. The van der Waals surface area contributed by atoms with Gasteiger partial charge in [-0.05, 0) is 12.0 Å². The average molecular weight is 356 g/mol. The first-order valence-electron chi connectivity index (χ1n) is 8.60. The summed E-state index contributed by atoms with van der Waals surface area (Å²) in [6.45, 7) is 1.65. The second-order valence-corrected chi connectivity index (χ2v) is 6.43. The second kappa shape index (κ2) is 6.92. The topological polar surface area (TPSA) is 60.7 Å². The Balaban J connectivity index is 1.68. The van der Waals surface area contributed by atoms with Crippen LogP contribution < -0.4 is 10.1 Å². The van der Waals surface area contributed by atoms with Gasteiger partial charge in [-0.2, -0.15) is 5.10 Å². The Morgan fingerprint density at radius 3 is 3.04 bits per heavy atom. The Bertz CT molecular complexity index is 901. The van der Waals surface area contributed by atoms with Crippen molar-refractivity contribution in [3.8, 4) is 5.75 Å². The van der Waals surface area contributed by atoms with E-state index in [2.05, 4.69) is 15.4 Å². The highest BCUT2D eigenvalue weighted by Crippen LogP contribution is 2.41. The number of rotatable bonds is 4. The second-order valence-electron chi connectivity index (χ2n) is 6.43. The van der Waals surface area contributed by atoms with Crippen molar-refractivity contribution in [3.05, 3.63) is 47.0 Å². The molecule has 6 nitrogen and oxygen atoms in total. The normalized spacial score (nSPS) is 17.8. The SMILES string of the molecule is COc1cc(F)c(C2=CCOCC2)c2c1CC(=NCc1cnn(C)c1)N2. The van der Waals surface area contributed by atoms with Gasteiger partial charge < -0.3 is 14.8 Å². The third kappa shape index (κ3) is 3.10. The Morgan fingerprint density at radius 2 is 2.35 bits per heavy atom. The number of aliphatic imine (C=N–C) groups is 1. The van der Waals surface area contributed by atoms with Crippen LogP contribution in [0.1, 0.15) is 23.1 Å². The van der Waals surface area contributed by atoms with Gasteiger partial charge in [-0.25, -0.2) is 4.39 Å². The Kier molecular flexibility index (Phi) is 4.46. The van der Waals surface area contributed by atoms with E-state index in [1.165, 1.54) is 6.07 Å². The van der Waals surface area contributed by atoms with Crippen molar-refractivity contribution in [2.24, 2.45) is 12.0 Å². The number of amidine groups is 1. The van der Waals surface area contributed by atoms with Crippen molar-refractivity contribution in [1.82, 2.24) is 9.78 Å². The third-order valence-electron chi connectivity index (χ3n) is 4.67. The number of nitrogens with one attached hydrogen (secondary N) is 1. The molecule has 0 saturated carbocycles. The number of hydrogen-bond donors (Lipinski definition) is 1. The summed E-state index contributed by atoms with van der Waals surface area (Å²) < 4.78 is 27.3. The van der Waals surface area contributed by atoms with Crippen molar-refractivity contribution < 1.29 is 13.9 Å². The lowest BCUT2D eigenvalue weighted by molar-refractivity contribution is 0.161. The fourth-order valence-electron chi connectivity index (χ4n) is 3.42. The highest BCUT2D eigenvalue weighted by Gasteiger charge is 2.28. The van der Waals surface area contributed by atoms with Gasteiger partial charge in [0.1, 0.15) is 17.4 Å². The van der Waals surface area contributed by atoms with Crippen LogP contribution in [0.5, 0.6) is 5.75 Å². The number of aromatic nitrogens is 2. The van der Waals surface area contributed by atoms with Crippen LogP contribution in [0.2, 0.25) is 0 Å². The highest BCUT2D eigenvalue weighted by molar-refractivity contribution is 6.06. The van der Waals surface area contributed by atoms with E-state index in [0.717, 1.165) is 28.2 Å². The van der Waals surface area contributed by atoms with Crippen LogP contribution in [0.4, 0.5) is 10.1 Å². The Labute approximate surface area is 151 Å². The first-order valence-corrected chi connectivity index (χ1v) is 8.60. The maximum Gasteiger partial charge on any atom is 0.136 e. The molecule has 0 spiro atoms. The molecule has 3 heterocycles. The van der Waals surface area contributed by atoms with E-state index in [1.54, 1.807) is 18.0 Å². The molecule has 0 bridgehead atoms. The lowest BCUT2D eigenvalue weighted by atomic mass is 9.96. The number of nitrogens with zero attached hydrogens (tertiary/aromatic N) is 3. The lowest BCUT2D eigenvalue weighted by Crippen LogP contribution is -2.10. The number of benzene rings is 1. The van der Waals surface area contributed by atoms with E-state index in [9.17, 15) is 4.39 Å². The van der Waals surface area contributed by atoms with Crippen LogP contribution in [0, 0.1) is 5.82 Å². The maximum atomic E-state index is 14.8. The van der Waals surface area contributed by atoms with Crippen LogP contribution in [-0.4, -0.2) is 35.9 Å². The van der Waals surface area contributed by atoms with Crippen LogP contribution >= 0.6 is 0 Å². The number of anilines is 1. The molecule has 0 aliphatic carbocycles. The zero-order valence-electron chi connectivity index (χ0n) is 14.9. The van der Waals surface area contributed by atoms with Gasteiger partial charge in [0.05, 0.1) is 38.8 Å². The largest absolute Gasteiger partial charge is 0.496 e.